The van der Waals surface area contributed by atoms with E-state index in [4.69, 9.17) is 32.2 Å². The first kappa shape index (κ1) is 32.4. The molecule has 13 heteroatoms. The number of phenols is 1. The summed E-state index contributed by atoms with van der Waals surface area (Å²) in [4.78, 5) is 45.6. The third-order valence-electron chi connectivity index (χ3n) is 5.29. The maximum atomic E-state index is 12.5. The molecule has 2 rings (SSSR count). The van der Waals surface area contributed by atoms with Gasteiger partial charge in [0.05, 0.1) is 11.6 Å². The van der Waals surface area contributed by atoms with Crippen LogP contribution in [0, 0.1) is 5.41 Å². The van der Waals surface area contributed by atoms with E-state index >= 15 is 0 Å². The predicted octanol–water partition coefficient (Wildman–Crippen LogP) is 0.376. The van der Waals surface area contributed by atoms with Gasteiger partial charge < -0.3 is 42.7 Å². The number of aliphatic carboxylic acids is 1. The van der Waals surface area contributed by atoms with Crippen molar-refractivity contribution in [1.29, 1.82) is 5.41 Å². The fourth-order valence-corrected chi connectivity index (χ4v) is 3.19. The Balaban J connectivity index is 0.000000633. The fourth-order valence-electron chi connectivity index (χ4n) is 3.19. The number of amides is 2. The summed E-state index contributed by atoms with van der Waals surface area (Å²) in [5.41, 5.74) is 12.2. The molecule has 0 saturated carbocycles. The van der Waals surface area contributed by atoms with Crippen LogP contribution in [-0.4, -0.2) is 70.2 Å². The normalized spacial score (nSPS) is 11.6. The van der Waals surface area contributed by atoms with Gasteiger partial charge in [-0.15, -0.1) is 0 Å². The average molecular weight is 545 g/mol. The Morgan fingerprint density at radius 3 is 2.08 bits per heavy atom. The van der Waals surface area contributed by atoms with E-state index in [0.717, 1.165) is 5.56 Å². The quantitative estimate of drug-likeness (QED) is 0.0899. The molecule has 39 heavy (non-hydrogen) atoms. The van der Waals surface area contributed by atoms with Crippen molar-refractivity contribution >= 4 is 29.7 Å². The number of nitrogens with one attached hydrogen (secondary N) is 4. The molecule has 2 aromatic rings. The zero-order valence-corrected chi connectivity index (χ0v) is 21.4. The lowest BCUT2D eigenvalue weighted by atomic mass is 10.1. The van der Waals surface area contributed by atoms with Gasteiger partial charge in [0, 0.05) is 19.5 Å². The summed E-state index contributed by atoms with van der Waals surface area (Å²) in [6, 6.07) is 13.2. The standard InChI is InChI=1S/C19H30N6O4.C7H6O3/c20-14(8-9-16(26)27)17(28)25-15(7-4-11-24-19(21)22)18(29)23-12-10-13-5-2-1-3-6-13;8-6-3-1-5(2-4-6)7(9)10/h1-3,5-6,14-15H,4,7-12,20H2,(H,23,29)(H,25,28)(H,26,27)(H4,21,22,24);1-4,8H,(H,9,10)/t14-,15-;/m0./s1. The van der Waals surface area contributed by atoms with Crippen molar-refractivity contribution < 1.29 is 34.5 Å². The SMILES string of the molecule is N=C(N)NCCC[C@H](NC(=O)[C@@H](N)CCC(=O)O)C(=O)NCCc1ccccc1.O=C(O)c1ccc(O)cc1. The Morgan fingerprint density at radius 1 is 0.872 bits per heavy atom. The Labute approximate surface area is 226 Å². The van der Waals surface area contributed by atoms with E-state index in [1.807, 2.05) is 30.3 Å². The van der Waals surface area contributed by atoms with Gasteiger partial charge in [-0.05, 0) is 55.5 Å². The number of nitrogens with two attached hydrogens (primary N) is 2. The lowest BCUT2D eigenvalue weighted by Gasteiger charge is -2.21. The van der Waals surface area contributed by atoms with Crippen molar-refractivity contribution in [3.63, 3.8) is 0 Å². The van der Waals surface area contributed by atoms with Gasteiger partial charge in [0.1, 0.15) is 11.8 Å². The first-order valence-electron chi connectivity index (χ1n) is 12.2. The average Bonchev–Trinajstić information content (AvgIpc) is 2.89. The highest BCUT2D eigenvalue weighted by Gasteiger charge is 2.23. The van der Waals surface area contributed by atoms with E-state index in [9.17, 15) is 19.2 Å². The molecule has 0 spiro atoms. The number of hydrogen-bond acceptors (Lipinski definition) is 7. The molecule has 0 bridgehead atoms. The van der Waals surface area contributed by atoms with Crippen molar-refractivity contribution in [3.8, 4) is 5.75 Å². The molecule has 212 valence electrons. The van der Waals surface area contributed by atoms with Gasteiger partial charge in [0.25, 0.3) is 0 Å². The minimum atomic E-state index is -1.04. The number of guanidine groups is 1. The highest BCUT2D eigenvalue weighted by Crippen LogP contribution is 2.09. The van der Waals surface area contributed by atoms with E-state index in [1.165, 1.54) is 24.3 Å². The number of carboxylic acids is 2. The minimum Gasteiger partial charge on any atom is -0.508 e. The van der Waals surface area contributed by atoms with Gasteiger partial charge in [-0.1, -0.05) is 30.3 Å². The van der Waals surface area contributed by atoms with E-state index in [1.54, 1.807) is 0 Å². The molecule has 0 heterocycles. The monoisotopic (exact) mass is 544 g/mol. The maximum Gasteiger partial charge on any atom is 0.335 e. The lowest BCUT2D eigenvalue weighted by Crippen LogP contribution is -2.52. The largest absolute Gasteiger partial charge is 0.508 e. The molecule has 0 aromatic heterocycles. The molecule has 2 atom stereocenters. The molecule has 0 unspecified atom stereocenters. The van der Waals surface area contributed by atoms with Crippen LogP contribution in [0.15, 0.2) is 54.6 Å². The van der Waals surface area contributed by atoms with E-state index in [2.05, 4.69) is 16.0 Å². The van der Waals surface area contributed by atoms with Crippen LogP contribution in [0.5, 0.6) is 5.75 Å². The summed E-state index contributed by atoms with van der Waals surface area (Å²) in [7, 11) is 0. The van der Waals surface area contributed by atoms with Crippen molar-refractivity contribution in [2.45, 2.75) is 44.2 Å². The number of hydrogen-bond donors (Lipinski definition) is 9. The van der Waals surface area contributed by atoms with Crippen LogP contribution < -0.4 is 27.4 Å². The van der Waals surface area contributed by atoms with Crippen LogP contribution in [0.1, 0.15) is 41.6 Å². The molecule has 2 amide bonds. The first-order chi connectivity index (χ1) is 18.5. The second-order valence-electron chi connectivity index (χ2n) is 8.46. The summed E-state index contributed by atoms with van der Waals surface area (Å²) in [5, 5.41) is 41.0. The molecule has 11 N–H and O–H groups in total. The molecule has 0 radical (unpaired) electrons. The first-order valence-corrected chi connectivity index (χ1v) is 12.2. The molecular weight excluding hydrogens is 508 g/mol. The van der Waals surface area contributed by atoms with Gasteiger partial charge in [0.2, 0.25) is 11.8 Å². The summed E-state index contributed by atoms with van der Waals surface area (Å²) < 4.78 is 0. The lowest BCUT2D eigenvalue weighted by molar-refractivity contribution is -0.137. The zero-order valence-electron chi connectivity index (χ0n) is 21.4. The van der Waals surface area contributed by atoms with Crippen molar-refractivity contribution in [1.82, 2.24) is 16.0 Å². The molecule has 0 fully saturated rings. The Morgan fingerprint density at radius 2 is 1.51 bits per heavy atom. The Hall–Kier alpha value is -4.65. The molecule has 0 aliphatic carbocycles. The number of carbonyl (C=O) groups is 4. The number of aromatic carboxylic acids is 1. The van der Waals surface area contributed by atoms with Gasteiger partial charge in [0.15, 0.2) is 5.96 Å². The van der Waals surface area contributed by atoms with Crippen molar-refractivity contribution in [2.24, 2.45) is 11.5 Å². The fraction of sp³-hybridized carbons (Fsp3) is 0.346. The van der Waals surface area contributed by atoms with Gasteiger partial charge in [-0.25, -0.2) is 4.79 Å². The van der Waals surface area contributed by atoms with Crippen LogP contribution in [0.3, 0.4) is 0 Å². The van der Waals surface area contributed by atoms with E-state index < -0.39 is 29.9 Å². The van der Waals surface area contributed by atoms with Crippen LogP contribution in [0.4, 0.5) is 0 Å². The van der Waals surface area contributed by atoms with Crippen molar-refractivity contribution in [2.75, 3.05) is 13.1 Å². The molecular formula is C26H36N6O7. The topological polar surface area (TPSA) is 241 Å². The summed E-state index contributed by atoms with van der Waals surface area (Å²) in [6.07, 6.45) is 1.20. The molecule has 13 nitrogen and oxygen atoms in total. The van der Waals surface area contributed by atoms with Crippen LogP contribution in [0.2, 0.25) is 0 Å². The number of carbonyl (C=O) groups excluding carboxylic acids is 2. The smallest absolute Gasteiger partial charge is 0.335 e. The minimum absolute atomic E-state index is 0.0184. The van der Waals surface area contributed by atoms with Crippen LogP contribution in [-0.2, 0) is 20.8 Å². The van der Waals surface area contributed by atoms with Gasteiger partial charge in [-0.2, -0.15) is 0 Å². The number of carboxylic acid groups (broad SMARTS) is 2. The third kappa shape index (κ3) is 14.6. The second-order valence-corrected chi connectivity index (χ2v) is 8.46. The maximum absolute atomic E-state index is 12.5. The number of aromatic hydroxyl groups is 1. The molecule has 0 aliphatic heterocycles. The number of rotatable bonds is 14. The summed E-state index contributed by atoms with van der Waals surface area (Å²) >= 11 is 0. The third-order valence-corrected chi connectivity index (χ3v) is 5.29. The van der Waals surface area contributed by atoms with Crippen molar-refractivity contribution in [3.05, 3.63) is 65.7 Å². The number of benzene rings is 2. The number of phenolic OH excluding ortho intramolecular Hbond substituents is 1. The zero-order chi connectivity index (χ0) is 29.2. The summed E-state index contributed by atoms with van der Waals surface area (Å²) in [6.45, 7) is 0.788. The highest BCUT2D eigenvalue weighted by atomic mass is 16.4. The second kappa shape index (κ2) is 17.7. The Bertz CT molecular complexity index is 1080. The van der Waals surface area contributed by atoms with E-state index in [-0.39, 0.29) is 36.0 Å². The van der Waals surface area contributed by atoms with E-state index in [0.29, 0.717) is 32.4 Å². The van der Waals surface area contributed by atoms with Crippen LogP contribution >= 0.6 is 0 Å². The Kier molecular flexibility index (Phi) is 14.7. The van der Waals surface area contributed by atoms with Gasteiger partial charge >= 0.3 is 11.9 Å². The molecule has 0 aliphatic rings. The van der Waals surface area contributed by atoms with Crippen LogP contribution in [0.25, 0.3) is 0 Å². The van der Waals surface area contributed by atoms with Gasteiger partial charge in [-0.3, -0.25) is 19.8 Å². The predicted molar refractivity (Wildman–Crippen MR) is 144 cm³/mol. The summed E-state index contributed by atoms with van der Waals surface area (Å²) in [5.74, 6) is -3.05. The molecule has 0 saturated heterocycles. The molecule has 2 aromatic carbocycles. The highest BCUT2D eigenvalue weighted by molar-refractivity contribution is 5.90.